The van der Waals surface area contributed by atoms with E-state index in [0.717, 1.165) is 25.7 Å². The molecule has 0 aromatic rings. The summed E-state index contributed by atoms with van der Waals surface area (Å²) in [4.78, 5) is 21.9. The van der Waals surface area contributed by atoms with Crippen molar-refractivity contribution in [2.24, 2.45) is 34.5 Å². The Kier molecular flexibility index (Phi) is 4.28. The van der Waals surface area contributed by atoms with Crippen molar-refractivity contribution in [2.45, 2.75) is 77.4 Å². The van der Waals surface area contributed by atoms with E-state index in [1.165, 1.54) is 0 Å². The van der Waals surface area contributed by atoms with Gasteiger partial charge in [-0.05, 0) is 61.2 Å². The maximum atomic E-state index is 10.9. The van der Waals surface area contributed by atoms with Gasteiger partial charge in [0.05, 0.1) is 0 Å². The van der Waals surface area contributed by atoms with Gasteiger partial charge in [-0.15, -0.1) is 0 Å². The van der Waals surface area contributed by atoms with Crippen LogP contribution in [0.5, 0.6) is 0 Å². The summed E-state index contributed by atoms with van der Waals surface area (Å²) in [5.41, 5.74) is -2.85. The fraction of sp³-hybridized carbons (Fsp3) is 0.900. The maximum absolute atomic E-state index is 10.9. The van der Waals surface area contributed by atoms with Gasteiger partial charge in [0, 0.05) is 11.8 Å². The number of fused-ring (bicyclic) bond motifs is 4. The van der Waals surface area contributed by atoms with Gasteiger partial charge < -0.3 is 20.4 Å². The van der Waals surface area contributed by atoms with Crippen molar-refractivity contribution < 1.29 is 30.0 Å². The van der Waals surface area contributed by atoms with Crippen molar-refractivity contribution in [1.29, 1.82) is 0 Å². The van der Waals surface area contributed by atoms with Crippen LogP contribution in [0, 0.1) is 34.5 Å². The minimum absolute atomic E-state index is 0.0192. The Labute approximate surface area is 154 Å². The second-order valence-corrected chi connectivity index (χ2v) is 10.1. The standard InChI is InChI=1S/2C10H16O3/c2*1-9(2)6-3-4-10(13,8(11)12)7(9)5-6/h2*6-7,13H,3-5H2,1-2H3,(H,11,12)/t2*6-,7+,10-/m11/s1. The van der Waals surface area contributed by atoms with Crippen LogP contribution in [0.1, 0.15) is 66.2 Å². The first-order valence-corrected chi connectivity index (χ1v) is 9.69. The summed E-state index contributed by atoms with van der Waals surface area (Å²) < 4.78 is 0. The first-order chi connectivity index (χ1) is 11.8. The summed E-state index contributed by atoms with van der Waals surface area (Å²) >= 11 is 0. The molecule has 0 aromatic carbocycles. The Bertz CT molecular complexity index is 568. The average Bonchev–Trinajstić information content (AvgIpc) is 2.54. The van der Waals surface area contributed by atoms with Crippen LogP contribution in [0.3, 0.4) is 0 Å². The molecule has 0 spiro atoms. The van der Waals surface area contributed by atoms with Gasteiger partial charge in [0.2, 0.25) is 0 Å². The molecule has 0 aromatic heterocycles. The molecular formula is C20H32O6. The van der Waals surface area contributed by atoms with Gasteiger partial charge in [0.25, 0.3) is 0 Å². The summed E-state index contributed by atoms with van der Waals surface area (Å²) in [5.74, 6) is -0.922. The van der Waals surface area contributed by atoms with E-state index in [0.29, 0.717) is 24.7 Å². The van der Waals surface area contributed by atoms with Crippen molar-refractivity contribution in [1.82, 2.24) is 0 Å². The van der Waals surface area contributed by atoms with Gasteiger partial charge in [-0.2, -0.15) is 0 Å². The van der Waals surface area contributed by atoms with Gasteiger partial charge in [-0.25, -0.2) is 9.59 Å². The van der Waals surface area contributed by atoms with Crippen LogP contribution < -0.4 is 0 Å². The molecule has 0 amide bonds. The minimum Gasteiger partial charge on any atom is -0.479 e. The van der Waals surface area contributed by atoms with E-state index in [9.17, 15) is 19.8 Å². The monoisotopic (exact) mass is 368 g/mol. The first-order valence-electron chi connectivity index (χ1n) is 9.69. The number of carbonyl (C=O) groups is 2. The van der Waals surface area contributed by atoms with Crippen LogP contribution in [-0.4, -0.2) is 43.6 Å². The number of carboxylic acids is 2. The van der Waals surface area contributed by atoms with Crippen LogP contribution in [0.2, 0.25) is 0 Å². The number of aliphatic carboxylic acids is 2. The molecule has 6 atom stereocenters. The number of aliphatic hydroxyl groups is 2. The second kappa shape index (κ2) is 5.68. The SMILES string of the molecule is CC1(C)[C@@H]2CC[C@](O)(C(=O)O)[C@H]1C2.CC1(C)[C@@H]2CC[C@](O)(C(=O)O)[C@H]1C2. The molecule has 0 aliphatic heterocycles. The molecule has 4 bridgehead atoms. The highest BCUT2D eigenvalue weighted by atomic mass is 16.4. The van der Waals surface area contributed by atoms with Gasteiger partial charge in [-0.3, -0.25) is 0 Å². The van der Waals surface area contributed by atoms with Crippen LogP contribution in [0.4, 0.5) is 0 Å². The highest BCUT2D eigenvalue weighted by Crippen LogP contribution is 2.63. The molecule has 6 rings (SSSR count). The molecule has 0 heterocycles. The first kappa shape index (κ1) is 19.6. The van der Waals surface area contributed by atoms with E-state index < -0.39 is 23.1 Å². The Morgan fingerprint density at radius 2 is 1.04 bits per heavy atom. The third kappa shape index (κ3) is 2.44. The maximum Gasteiger partial charge on any atom is 0.335 e. The van der Waals surface area contributed by atoms with Crippen LogP contribution in [0.25, 0.3) is 0 Å². The number of hydrogen-bond donors (Lipinski definition) is 4. The van der Waals surface area contributed by atoms with Crippen LogP contribution >= 0.6 is 0 Å². The molecule has 6 nitrogen and oxygen atoms in total. The Balaban J connectivity index is 0.000000151. The van der Waals surface area contributed by atoms with Crippen molar-refractivity contribution >= 4 is 11.9 Å². The number of hydrogen-bond acceptors (Lipinski definition) is 4. The van der Waals surface area contributed by atoms with Crippen molar-refractivity contribution in [2.75, 3.05) is 0 Å². The Morgan fingerprint density at radius 3 is 1.19 bits per heavy atom. The molecule has 4 N–H and O–H groups in total. The lowest BCUT2D eigenvalue weighted by Crippen LogP contribution is -2.64. The predicted molar refractivity (Wildman–Crippen MR) is 94.4 cm³/mol. The number of rotatable bonds is 2. The third-order valence-corrected chi connectivity index (χ3v) is 8.58. The molecule has 148 valence electrons. The van der Waals surface area contributed by atoms with E-state index in [1.807, 2.05) is 0 Å². The van der Waals surface area contributed by atoms with E-state index in [-0.39, 0.29) is 22.7 Å². The quantitative estimate of drug-likeness (QED) is 0.595. The molecule has 6 heteroatoms. The zero-order valence-electron chi connectivity index (χ0n) is 16.2. The van der Waals surface area contributed by atoms with Gasteiger partial charge in [0.15, 0.2) is 11.2 Å². The zero-order valence-corrected chi connectivity index (χ0v) is 16.2. The summed E-state index contributed by atoms with van der Waals surface area (Å²) in [6, 6.07) is 0. The smallest absolute Gasteiger partial charge is 0.335 e. The number of carboxylic acid groups (broad SMARTS) is 2. The van der Waals surface area contributed by atoms with E-state index >= 15 is 0 Å². The molecule has 26 heavy (non-hydrogen) atoms. The fourth-order valence-corrected chi connectivity index (χ4v) is 6.28. The topological polar surface area (TPSA) is 115 Å². The summed E-state index contributed by atoms with van der Waals surface area (Å²) in [6.07, 6.45) is 4.34. The lowest BCUT2D eigenvalue weighted by atomic mass is 9.44. The molecule has 0 saturated heterocycles. The highest BCUT2D eigenvalue weighted by molar-refractivity contribution is 5.79. The van der Waals surface area contributed by atoms with Crippen molar-refractivity contribution in [3.63, 3.8) is 0 Å². The third-order valence-electron chi connectivity index (χ3n) is 8.58. The van der Waals surface area contributed by atoms with E-state index in [1.54, 1.807) is 0 Å². The van der Waals surface area contributed by atoms with E-state index in [2.05, 4.69) is 27.7 Å². The summed E-state index contributed by atoms with van der Waals surface area (Å²) in [7, 11) is 0. The van der Waals surface area contributed by atoms with E-state index in [4.69, 9.17) is 10.2 Å². The second-order valence-electron chi connectivity index (χ2n) is 10.1. The molecule has 0 radical (unpaired) electrons. The van der Waals surface area contributed by atoms with Gasteiger partial charge in [0.1, 0.15) is 0 Å². The summed E-state index contributed by atoms with van der Waals surface area (Å²) in [5, 5.41) is 37.9. The molecule has 6 saturated carbocycles. The van der Waals surface area contributed by atoms with Gasteiger partial charge in [-0.1, -0.05) is 27.7 Å². The van der Waals surface area contributed by atoms with Gasteiger partial charge >= 0.3 is 11.9 Å². The average molecular weight is 368 g/mol. The molecular weight excluding hydrogens is 336 g/mol. The molecule has 6 aliphatic carbocycles. The van der Waals surface area contributed by atoms with Crippen molar-refractivity contribution in [3.05, 3.63) is 0 Å². The zero-order chi connectivity index (χ0) is 19.7. The normalized spacial score (nSPS) is 46.7. The molecule has 6 aliphatic rings. The minimum atomic E-state index is -1.45. The Hall–Kier alpha value is -1.14. The Morgan fingerprint density at radius 1 is 0.731 bits per heavy atom. The highest BCUT2D eigenvalue weighted by Gasteiger charge is 2.64. The van der Waals surface area contributed by atoms with Crippen LogP contribution in [0.15, 0.2) is 0 Å². The largest absolute Gasteiger partial charge is 0.479 e. The van der Waals surface area contributed by atoms with Crippen molar-refractivity contribution in [3.8, 4) is 0 Å². The lowest BCUT2D eigenvalue weighted by Gasteiger charge is -2.61. The molecule has 6 fully saturated rings. The van der Waals surface area contributed by atoms with Crippen LogP contribution in [-0.2, 0) is 9.59 Å². The lowest BCUT2D eigenvalue weighted by molar-refractivity contribution is -0.218. The summed E-state index contributed by atoms with van der Waals surface area (Å²) in [6.45, 7) is 8.27. The molecule has 0 unspecified atom stereocenters. The fourth-order valence-electron chi connectivity index (χ4n) is 6.28. The predicted octanol–water partition coefficient (Wildman–Crippen LogP) is 2.52.